The molecule has 3 aromatic carbocycles. The molecule has 9 nitrogen and oxygen atoms in total. The quantitative estimate of drug-likeness (QED) is 0.283. The largest absolute Gasteiger partial charge is 0.497 e. The molecule has 1 N–H and O–H groups in total. The van der Waals surface area contributed by atoms with Gasteiger partial charge in [0.05, 0.1) is 24.3 Å². The first-order valence-electron chi connectivity index (χ1n) is 14.0. The van der Waals surface area contributed by atoms with Gasteiger partial charge in [0.2, 0.25) is 11.8 Å². The Hall–Kier alpha value is -4.05. The molecule has 0 aliphatic carbocycles. The fourth-order valence-corrected chi connectivity index (χ4v) is 5.67. The van der Waals surface area contributed by atoms with E-state index in [1.165, 1.54) is 17.0 Å². The topological polar surface area (TPSA) is 105 Å². The Kier molecular flexibility index (Phi) is 11.4. The molecule has 0 fully saturated rings. The SMILES string of the molecule is CCOc1ccc(N(CC(=O)N(Cc2cccc(OC)c2)[C@H](C)C(=O)N[C@H](C)CC)S(=O)(=O)c2ccc(C)cc2)cc1. The highest BCUT2D eigenvalue weighted by atomic mass is 32.2. The zero-order chi connectivity index (χ0) is 30.9. The minimum atomic E-state index is -4.15. The van der Waals surface area contributed by atoms with Gasteiger partial charge in [0.1, 0.15) is 24.1 Å². The summed E-state index contributed by atoms with van der Waals surface area (Å²) in [5, 5.41) is 2.93. The summed E-state index contributed by atoms with van der Waals surface area (Å²) in [5.41, 5.74) is 1.94. The lowest BCUT2D eigenvalue weighted by Gasteiger charge is -2.32. The number of carbonyl (C=O) groups is 2. The highest BCUT2D eigenvalue weighted by Crippen LogP contribution is 2.27. The normalized spacial score (nSPS) is 12.6. The Bertz CT molecular complexity index is 1440. The summed E-state index contributed by atoms with van der Waals surface area (Å²) < 4.78 is 39.9. The highest BCUT2D eigenvalue weighted by Gasteiger charge is 2.33. The van der Waals surface area contributed by atoms with Crippen LogP contribution in [0.1, 0.15) is 45.2 Å². The minimum absolute atomic E-state index is 0.0525. The number of nitrogens with one attached hydrogen (secondary N) is 1. The van der Waals surface area contributed by atoms with Crippen molar-refractivity contribution in [2.45, 2.75) is 64.6 Å². The van der Waals surface area contributed by atoms with Crippen molar-refractivity contribution in [1.29, 1.82) is 0 Å². The number of rotatable bonds is 14. The molecule has 0 bridgehead atoms. The lowest BCUT2D eigenvalue weighted by molar-refractivity contribution is -0.139. The zero-order valence-corrected chi connectivity index (χ0v) is 26.0. The number of methoxy groups -OCH3 is 1. The van der Waals surface area contributed by atoms with Crippen LogP contribution in [0.4, 0.5) is 5.69 Å². The van der Waals surface area contributed by atoms with E-state index in [2.05, 4.69) is 5.32 Å². The van der Waals surface area contributed by atoms with E-state index in [0.717, 1.165) is 21.9 Å². The molecule has 0 aliphatic rings. The van der Waals surface area contributed by atoms with Crippen molar-refractivity contribution in [3.8, 4) is 11.5 Å². The first kappa shape index (κ1) is 32.5. The number of anilines is 1. The molecule has 0 spiro atoms. The van der Waals surface area contributed by atoms with Gasteiger partial charge in [-0.15, -0.1) is 0 Å². The van der Waals surface area contributed by atoms with Crippen LogP contribution >= 0.6 is 0 Å². The summed E-state index contributed by atoms with van der Waals surface area (Å²) in [6.07, 6.45) is 0.725. The number of ether oxygens (including phenoxy) is 2. The van der Waals surface area contributed by atoms with Gasteiger partial charge >= 0.3 is 0 Å². The lowest BCUT2D eigenvalue weighted by Crippen LogP contribution is -2.52. The van der Waals surface area contributed by atoms with Crippen LogP contribution in [-0.2, 0) is 26.2 Å². The Labute approximate surface area is 249 Å². The third-order valence-corrected chi connectivity index (χ3v) is 8.77. The Morgan fingerprint density at radius 1 is 0.929 bits per heavy atom. The van der Waals surface area contributed by atoms with Gasteiger partial charge < -0.3 is 19.7 Å². The molecule has 0 saturated heterocycles. The van der Waals surface area contributed by atoms with Crippen molar-refractivity contribution < 1.29 is 27.5 Å². The Balaban J connectivity index is 2.04. The second kappa shape index (κ2) is 14.7. The van der Waals surface area contributed by atoms with Crippen molar-refractivity contribution in [2.24, 2.45) is 0 Å². The van der Waals surface area contributed by atoms with Crippen molar-refractivity contribution in [3.63, 3.8) is 0 Å². The smallest absolute Gasteiger partial charge is 0.264 e. The maximum atomic E-state index is 14.1. The van der Waals surface area contributed by atoms with E-state index in [9.17, 15) is 18.0 Å². The van der Waals surface area contributed by atoms with E-state index >= 15 is 0 Å². The van der Waals surface area contributed by atoms with Gasteiger partial charge in [0.15, 0.2) is 0 Å². The number of aryl methyl sites for hydroxylation is 1. The van der Waals surface area contributed by atoms with Crippen molar-refractivity contribution in [2.75, 3.05) is 24.6 Å². The summed E-state index contributed by atoms with van der Waals surface area (Å²) >= 11 is 0. The average molecular weight is 596 g/mol. The van der Waals surface area contributed by atoms with E-state index in [4.69, 9.17) is 9.47 Å². The first-order valence-corrected chi connectivity index (χ1v) is 15.5. The summed E-state index contributed by atoms with van der Waals surface area (Å²) in [4.78, 5) is 28.7. The molecule has 0 aliphatic heterocycles. The van der Waals surface area contributed by atoms with E-state index in [-0.39, 0.29) is 23.4 Å². The number of amides is 2. The number of nitrogens with zero attached hydrogens (tertiary/aromatic N) is 2. The number of hydrogen-bond acceptors (Lipinski definition) is 6. The molecule has 3 aromatic rings. The molecule has 0 radical (unpaired) electrons. The van der Waals surface area contributed by atoms with Gasteiger partial charge in [0, 0.05) is 12.6 Å². The van der Waals surface area contributed by atoms with E-state index in [1.807, 2.05) is 33.8 Å². The molecule has 10 heteroatoms. The minimum Gasteiger partial charge on any atom is -0.497 e. The molecule has 42 heavy (non-hydrogen) atoms. The van der Waals surface area contributed by atoms with Gasteiger partial charge in [-0.05, 0) is 88.2 Å². The number of benzene rings is 3. The van der Waals surface area contributed by atoms with Crippen LogP contribution in [0.2, 0.25) is 0 Å². The third-order valence-electron chi connectivity index (χ3n) is 6.98. The maximum Gasteiger partial charge on any atom is 0.264 e. The van der Waals surface area contributed by atoms with Crippen LogP contribution in [0.15, 0.2) is 77.7 Å². The van der Waals surface area contributed by atoms with Gasteiger partial charge in [-0.2, -0.15) is 0 Å². The molecule has 226 valence electrons. The first-order chi connectivity index (χ1) is 20.0. The fraction of sp³-hybridized carbons (Fsp3) is 0.375. The van der Waals surface area contributed by atoms with E-state index in [0.29, 0.717) is 23.8 Å². The van der Waals surface area contributed by atoms with Crippen molar-refractivity contribution >= 4 is 27.5 Å². The molecular weight excluding hydrogens is 554 g/mol. The molecule has 0 heterocycles. The predicted molar refractivity (Wildman–Crippen MR) is 164 cm³/mol. The standard InChI is InChI=1S/C32H41N3O6S/c1-7-24(4)33-32(37)25(5)34(21-26-10-9-11-29(20-26)40-6)31(36)22-35(27-14-16-28(17-15-27)41-8-2)42(38,39)30-18-12-23(3)13-19-30/h9-20,24-25H,7-8,21-22H2,1-6H3,(H,33,37)/t24-,25-/m1/s1. The Morgan fingerprint density at radius 3 is 2.19 bits per heavy atom. The molecule has 2 amide bonds. The van der Waals surface area contributed by atoms with Gasteiger partial charge in [-0.3, -0.25) is 13.9 Å². The maximum absolute atomic E-state index is 14.1. The van der Waals surface area contributed by atoms with E-state index in [1.54, 1.807) is 68.6 Å². The Morgan fingerprint density at radius 2 is 1.60 bits per heavy atom. The van der Waals surface area contributed by atoms with Crippen molar-refractivity contribution in [1.82, 2.24) is 10.2 Å². The summed E-state index contributed by atoms with van der Waals surface area (Å²) in [6.45, 7) is 9.23. The van der Waals surface area contributed by atoms with Crippen LogP contribution in [0.5, 0.6) is 11.5 Å². The van der Waals surface area contributed by atoms with Crippen LogP contribution in [0.3, 0.4) is 0 Å². The molecule has 0 unspecified atom stereocenters. The molecular formula is C32H41N3O6S. The van der Waals surface area contributed by atoms with Crippen LogP contribution < -0.4 is 19.1 Å². The highest BCUT2D eigenvalue weighted by molar-refractivity contribution is 7.92. The van der Waals surface area contributed by atoms with Gasteiger partial charge in [-0.25, -0.2) is 8.42 Å². The van der Waals surface area contributed by atoms with Crippen LogP contribution in [-0.4, -0.2) is 57.5 Å². The lowest BCUT2D eigenvalue weighted by atomic mass is 10.1. The number of sulfonamides is 1. The summed E-state index contributed by atoms with van der Waals surface area (Å²) in [7, 11) is -2.60. The van der Waals surface area contributed by atoms with Crippen LogP contribution in [0, 0.1) is 6.92 Å². The third kappa shape index (κ3) is 8.25. The second-order valence-electron chi connectivity index (χ2n) is 10.1. The summed E-state index contributed by atoms with van der Waals surface area (Å²) in [6, 6.07) is 19.2. The average Bonchev–Trinajstić information content (AvgIpc) is 2.99. The molecule has 0 saturated carbocycles. The zero-order valence-electron chi connectivity index (χ0n) is 25.2. The molecule has 3 rings (SSSR count). The summed E-state index contributed by atoms with van der Waals surface area (Å²) in [5.74, 6) is 0.327. The fourth-order valence-electron chi connectivity index (χ4n) is 4.26. The predicted octanol–water partition coefficient (Wildman–Crippen LogP) is 4.93. The monoisotopic (exact) mass is 595 g/mol. The van der Waals surface area contributed by atoms with E-state index < -0.39 is 28.5 Å². The number of hydrogen-bond donors (Lipinski definition) is 1. The van der Waals surface area contributed by atoms with Crippen LogP contribution in [0.25, 0.3) is 0 Å². The second-order valence-corrected chi connectivity index (χ2v) is 12.0. The van der Waals surface area contributed by atoms with Crippen molar-refractivity contribution in [3.05, 3.63) is 83.9 Å². The molecule has 2 atom stereocenters. The van der Waals surface area contributed by atoms with Gasteiger partial charge in [0.25, 0.3) is 10.0 Å². The van der Waals surface area contributed by atoms with Gasteiger partial charge in [-0.1, -0.05) is 36.8 Å². The molecule has 0 aromatic heterocycles. The number of carbonyl (C=O) groups excluding carboxylic acids is 2.